The Balaban J connectivity index is 0.000000853. The zero-order valence-electron chi connectivity index (χ0n) is 8.22. The zero-order valence-corrected chi connectivity index (χ0v) is 12.3. The van der Waals surface area contributed by atoms with Gasteiger partial charge in [-0.15, -0.1) is 0 Å². The Labute approximate surface area is 108 Å². The van der Waals surface area contributed by atoms with Gasteiger partial charge in [0.15, 0.2) is 0 Å². The standard InChI is InChI=1S/C12H8N2.Cd/c1-3-9-5-6-10-4-2-8-14-12(10)11(9)13-7-1;/h1-8H;. The van der Waals surface area contributed by atoms with E-state index in [0.717, 1.165) is 21.8 Å². The van der Waals surface area contributed by atoms with Gasteiger partial charge < -0.3 is 0 Å². The molecule has 0 N–H and O–H groups in total. The second-order valence-electron chi connectivity index (χ2n) is 3.22. The number of pyridine rings is 2. The van der Waals surface area contributed by atoms with E-state index in [1.807, 2.05) is 12.1 Å². The topological polar surface area (TPSA) is 25.8 Å². The Hall–Kier alpha value is -1.04. The summed E-state index contributed by atoms with van der Waals surface area (Å²) in [5, 5.41) is 2.28. The van der Waals surface area contributed by atoms with Crippen LogP contribution in [0, 0.1) is 0 Å². The first-order chi connectivity index (χ1) is 6.95. The van der Waals surface area contributed by atoms with Crippen LogP contribution in [0.1, 0.15) is 0 Å². The van der Waals surface area contributed by atoms with Crippen molar-refractivity contribution in [1.82, 2.24) is 9.97 Å². The third-order valence-corrected chi connectivity index (χ3v) is 2.34. The molecule has 3 rings (SSSR count). The molecule has 0 bridgehead atoms. The van der Waals surface area contributed by atoms with Crippen molar-refractivity contribution in [2.45, 2.75) is 0 Å². The molecule has 0 unspecified atom stereocenters. The van der Waals surface area contributed by atoms with Crippen LogP contribution in [0.4, 0.5) is 0 Å². The molecule has 15 heavy (non-hydrogen) atoms. The van der Waals surface area contributed by atoms with E-state index in [-0.39, 0.29) is 27.3 Å². The minimum Gasteiger partial charge on any atom is -0.254 e. The summed E-state index contributed by atoms with van der Waals surface area (Å²) in [6.45, 7) is 0. The van der Waals surface area contributed by atoms with E-state index >= 15 is 0 Å². The molecule has 3 heteroatoms. The van der Waals surface area contributed by atoms with Crippen LogP contribution < -0.4 is 0 Å². The first kappa shape index (κ1) is 10.5. The van der Waals surface area contributed by atoms with Crippen molar-refractivity contribution in [2.24, 2.45) is 0 Å². The molecule has 0 aliphatic rings. The van der Waals surface area contributed by atoms with E-state index in [0.29, 0.717) is 0 Å². The number of aromatic nitrogens is 2. The number of hydrogen-bond acceptors (Lipinski definition) is 2. The van der Waals surface area contributed by atoms with Crippen molar-refractivity contribution in [3.63, 3.8) is 0 Å². The Bertz CT molecular complexity index is 553. The first-order valence-electron chi connectivity index (χ1n) is 4.53. The van der Waals surface area contributed by atoms with Gasteiger partial charge >= 0.3 is 0 Å². The molecule has 0 spiro atoms. The molecule has 2 nitrogen and oxygen atoms in total. The van der Waals surface area contributed by atoms with E-state index in [2.05, 4.69) is 34.2 Å². The van der Waals surface area contributed by atoms with Gasteiger partial charge in [0.1, 0.15) is 0 Å². The third kappa shape index (κ3) is 1.74. The molecule has 0 amide bonds. The molecule has 0 saturated heterocycles. The molecule has 0 radical (unpaired) electrons. The Morgan fingerprint density at radius 1 is 0.667 bits per heavy atom. The Kier molecular flexibility index (Phi) is 2.95. The minimum atomic E-state index is 0. The van der Waals surface area contributed by atoms with Gasteiger partial charge in [0.25, 0.3) is 0 Å². The van der Waals surface area contributed by atoms with Crippen LogP contribution in [0.15, 0.2) is 48.8 Å². The van der Waals surface area contributed by atoms with Crippen LogP contribution in [-0.4, -0.2) is 9.97 Å². The zero-order chi connectivity index (χ0) is 9.38. The molecular weight excluding hydrogens is 285 g/mol. The van der Waals surface area contributed by atoms with E-state index < -0.39 is 0 Å². The van der Waals surface area contributed by atoms with Gasteiger partial charge in [0.2, 0.25) is 0 Å². The monoisotopic (exact) mass is 294 g/mol. The molecule has 0 aliphatic carbocycles. The molecule has 68 valence electrons. The number of hydrogen-bond donors (Lipinski definition) is 0. The van der Waals surface area contributed by atoms with E-state index in [9.17, 15) is 0 Å². The number of nitrogens with zero attached hydrogens (tertiary/aromatic N) is 2. The van der Waals surface area contributed by atoms with Gasteiger partial charge in [-0.3, -0.25) is 9.97 Å². The normalized spacial score (nSPS) is 10.1. The number of rotatable bonds is 0. The third-order valence-electron chi connectivity index (χ3n) is 2.34. The summed E-state index contributed by atoms with van der Waals surface area (Å²) in [6.07, 6.45) is 3.60. The summed E-state index contributed by atoms with van der Waals surface area (Å²) in [5.41, 5.74) is 1.95. The van der Waals surface area contributed by atoms with Crippen molar-refractivity contribution < 1.29 is 27.3 Å². The second kappa shape index (κ2) is 4.22. The van der Waals surface area contributed by atoms with Crippen LogP contribution in [0.2, 0.25) is 0 Å². The van der Waals surface area contributed by atoms with Crippen molar-refractivity contribution in [3.8, 4) is 0 Å². The molecule has 2 aromatic heterocycles. The average molecular weight is 293 g/mol. The predicted molar refractivity (Wildman–Crippen MR) is 57.0 cm³/mol. The van der Waals surface area contributed by atoms with Crippen molar-refractivity contribution >= 4 is 21.8 Å². The van der Waals surface area contributed by atoms with Crippen molar-refractivity contribution in [1.29, 1.82) is 0 Å². The fraction of sp³-hybridized carbons (Fsp3) is 0. The van der Waals surface area contributed by atoms with Gasteiger partial charge in [-0.05, 0) is 12.1 Å². The molecule has 2 heterocycles. The van der Waals surface area contributed by atoms with Crippen LogP contribution in [0.25, 0.3) is 21.8 Å². The minimum absolute atomic E-state index is 0. The second-order valence-corrected chi connectivity index (χ2v) is 3.22. The van der Waals surface area contributed by atoms with E-state index in [4.69, 9.17) is 0 Å². The van der Waals surface area contributed by atoms with Crippen LogP contribution in [-0.2, 0) is 27.3 Å². The van der Waals surface area contributed by atoms with E-state index in [1.54, 1.807) is 12.4 Å². The van der Waals surface area contributed by atoms with Gasteiger partial charge in [0.05, 0.1) is 11.0 Å². The molecular formula is C12H8CdN2. The van der Waals surface area contributed by atoms with Gasteiger partial charge in [-0.2, -0.15) is 0 Å². The number of benzene rings is 1. The Morgan fingerprint density at radius 3 is 1.60 bits per heavy atom. The summed E-state index contributed by atoms with van der Waals surface area (Å²) < 4.78 is 0. The maximum Gasteiger partial charge on any atom is 0.0964 e. The fourth-order valence-corrected chi connectivity index (χ4v) is 1.68. The maximum absolute atomic E-state index is 4.35. The van der Waals surface area contributed by atoms with Gasteiger partial charge in [-0.1, -0.05) is 24.3 Å². The van der Waals surface area contributed by atoms with Crippen LogP contribution >= 0.6 is 0 Å². The molecule has 0 aliphatic heterocycles. The SMILES string of the molecule is [Cd].c1cnc2c(c1)ccc1cccnc12. The summed E-state index contributed by atoms with van der Waals surface area (Å²) in [7, 11) is 0. The fourth-order valence-electron chi connectivity index (χ4n) is 1.68. The molecule has 0 saturated carbocycles. The van der Waals surface area contributed by atoms with Crippen LogP contribution in [0.3, 0.4) is 0 Å². The number of fused-ring (bicyclic) bond motifs is 3. The summed E-state index contributed by atoms with van der Waals surface area (Å²) in [6, 6.07) is 12.1. The van der Waals surface area contributed by atoms with Gasteiger partial charge in [0, 0.05) is 50.5 Å². The van der Waals surface area contributed by atoms with Crippen molar-refractivity contribution in [3.05, 3.63) is 48.8 Å². The quantitative estimate of drug-likeness (QED) is 0.470. The largest absolute Gasteiger partial charge is 0.254 e. The summed E-state index contributed by atoms with van der Waals surface area (Å²) >= 11 is 0. The first-order valence-corrected chi connectivity index (χ1v) is 4.53. The van der Waals surface area contributed by atoms with Crippen molar-refractivity contribution in [2.75, 3.05) is 0 Å². The summed E-state index contributed by atoms with van der Waals surface area (Å²) in [4.78, 5) is 8.69. The molecule has 3 aromatic rings. The summed E-state index contributed by atoms with van der Waals surface area (Å²) in [5.74, 6) is 0. The maximum atomic E-state index is 4.35. The van der Waals surface area contributed by atoms with Gasteiger partial charge in [-0.25, -0.2) is 0 Å². The van der Waals surface area contributed by atoms with E-state index in [1.165, 1.54) is 0 Å². The molecule has 1 aromatic carbocycles. The predicted octanol–water partition coefficient (Wildman–Crippen LogP) is 2.78. The average Bonchev–Trinajstić information content (AvgIpc) is 2.29. The Morgan fingerprint density at radius 2 is 1.13 bits per heavy atom. The van der Waals surface area contributed by atoms with Crippen LogP contribution in [0.5, 0.6) is 0 Å². The molecule has 0 atom stereocenters. The smallest absolute Gasteiger partial charge is 0.0964 e. The molecule has 0 fully saturated rings.